The van der Waals surface area contributed by atoms with Crippen LogP contribution < -0.4 is 0 Å². The Kier molecular flexibility index (Phi) is 10.3. The summed E-state index contributed by atoms with van der Waals surface area (Å²) in [4.78, 5) is 13.6. The summed E-state index contributed by atoms with van der Waals surface area (Å²) in [5.41, 5.74) is -1.93. The fourth-order valence-electron chi connectivity index (χ4n) is 3.56. The highest BCUT2D eigenvalue weighted by Gasteiger charge is 2.61. The van der Waals surface area contributed by atoms with Gasteiger partial charge in [-0.05, 0) is 37.3 Å². The first-order valence-corrected chi connectivity index (χ1v) is 17.2. The van der Waals surface area contributed by atoms with Crippen molar-refractivity contribution in [1.82, 2.24) is 5.06 Å². The zero-order valence-electron chi connectivity index (χ0n) is 20.4. The van der Waals surface area contributed by atoms with Crippen LogP contribution in [0.4, 0.5) is 0 Å². The lowest BCUT2D eigenvalue weighted by Gasteiger charge is -2.40. The van der Waals surface area contributed by atoms with Gasteiger partial charge < -0.3 is 9.26 Å². The minimum atomic E-state index is -4.08. The monoisotopic (exact) mass is 517 g/mol. The highest BCUT2D eigenvalue weighted by Crippen LogP contribution is 2.46. The standard InChI is InChI=1S/C19H39NO9S2Si/c1-9-10-11-26-17(21)19(16(28-31(6,24)25)14-27-30(5,22)23)12-15(18(2,3)4)13-20(19)29-32(7)8/h15-16,32H,9-14H2,1-8H3. The third kappa shape index (κ3) is 8.65. The summed E-state index contributed by atoms with van der Waals surface area (Å²) >= 11 is 0. The molecule has 13 heteroatoms. The first kappa shape index (κ1) is 29.5. The number of ether oxygens (including phenoxy) is 1. The number of carbonyl (C=O) groups excluding carboxylic acids is 1. The van der Waals surface area contributed by atoms with Gasteiger partial charge in [0, 0.05) is 6.54 Å². The van der Waals surface area contributed by atoms with E-state index in [-0.39, 0.29) is 24.4 Å². The molecular weight excluding hydrogens is 478 g/mol. The van der Waals surface area contributed by atoms with Crippen LogP contribution in [0.25, 0.3) is 0 Å². The van der Waals surface area contributed by atoms with Crippen molar-refractivity contribution in [2.75, 3.05) is 32.3 Å². The fourth-order valence-corrected chi connectivity index (χ4v) is 5.35. The number of rotatable bonds is 12. The Bertz CT molecular complexity index is 839. The molecule has 3 atom stereocenters. The highest BCUT2D eigenvalue weighted by molar-refractivity contribution is 7.86. The molecule has 0 amide bonds. The van der Waals surface area contributed by atoms with E-state index in [4.69, 9.17) is 17.6 Å². The van der Waals surface area contributed by atoms with Crippen molar-refractivity contribution in [2.45, 2.75) is 71.7 Å². The van der Waals surface area contributed by atoms with E-state index < -0.39 is 53.5 Å². The Hall–Kier alpha value is -0.573. The summed E-state index contributed by atoms with van der Waals surface area (Å²) in [6, 6.07) is 0. The highest BCUT2D eigenvalue weighted by atomic mass is 32.2. The molecule has 1 saturated heterocycles. The first-order chi connectivity index (χ1) is 14.4. The molecule has 0 N–H and O–H groups in total. The zero-order valence-corrected chi connectivity index (χ0v) is 23.2. The number of hydroxylamine groups is 2. The lowest BCUT2D eigenvalue weighted by Crippen LogP contribution is -2.62. The van der Waals surface area contributed by atoms with Crippen molar-refractivity contribution >= 4 is 35.2 Å². The largest absolute Gasteiger partial charge is 0.464 e. The van der Waals surface area contributed by atoms with E-state index >= 15 is 0 Å². The van der Waals surface area contributed by atoms with E-state index in [1.165, 1.54) is 5.06 Å². The molecule has 1 aliphatic heterocycles. The molecule has 1 aliphatic rings. The van der Waals surface area contributed by atoms with Crippen molar-refractivity contribution in [3.05, 3.63) is 0 Å². The van der Waals surface area contributed by atoms with E-state index in [0.29, 0.717) is 13.0 Å². The van der Waals surface area contributed by atoms with E-state index in [2.05, 4.69) is 0 Å². The number of unbranched alkanes of at least 4 members (excludes halogenated alkanes) is 1. The molecule has 0 saturated carbocycles. The summed E-state index contributed by atoms with van der Waals surface area (Å²) in [6.45, 7) is 11.6. The Labute approximate surface area is 194 Å². The molecule has 0 radical (unpaired) electrons. The molecule has 32 heavy (non-hydrogen) atoms. The van der Waals surface area contributed by atoms with Crippen molar-refractivity contribution in [3.8, 4) is 0 Å². The van der Waals surface area contributed by atoms with Gasteiger partial charge in [-0.2, -0.15) is 21.9 Å². The lowest BCUT2D eigenvalue weighted by molar-refractivity contribution is -0.198. The summed E-state index contributed by atoms with van der Waals surface area (Å²) in [6.07, 6.45) is 1.79. The molecule has 0 bridgehead atoms. The average molecular weight is 518 g/mol. The molecule has 0 aromatic carbocycles. The van der Waals surface area contributed by atoms with Crippen LogP contribution in [0.5, 0.6) is 0 Å². The fraction of sp³-hybridized carbons (Fsp3) is 0.947. The van der Waals surface area contributed by atoms with Gasteiger partial charge in [0.15, 0.2) is 14.6 Å². The maximum Gasteiger partial charge on any atom is 0.331 e. The van der Waals surface area contributed by atoms with Gasteiger partial charge in [0.1, 0.15) is 6.10 Å². The SMILES string of the molecule is CCCCOC(=O)C1(C(COS(C)(=O)=O)OS(C)(=O)=O)CC(C(C)(C)C)CN1O[SiH](C)C. The van der Waals surface area contributed by atoms with Crippen molar-refractivity contribution in [1.29, 1.82) is 0 Å². The van der Waals surface area contributed by atoms with E-state index in [1.807, 2.05) is 40.8 Å². The van der Waals surface area contributed by atoms with E-state index in [1.54, 1.807) is 0 Å². The van der Waals surface area contributed by atoms with E-state index in [9.17, 15) is 21.6 Å². The third-order valence-electron chi connectivity index (χ3n) is 5.29. The van der Waals surface area contributed by atoms with Gasteiger partial charge in [0.2, 0.25) is 0 Å². The number of hydrogen-bond acceptors (Lipinski definition) is 10. The smallest absolute Gasteiger partial charge is 0.331 e. The van der Waals surface area contributed by atoms with Crippen LogP contribution in [0, 0.1) is 11.3 Å². The van der Waals surface area contributed by atoms with Crippen LogP contribution in [-0.2, 0) is 42.7 Å². The molecule has 10 nitrogen and oxygen atoms in total. The Morgan fingerprint density at radius 3 is 2.19 bits per heavy atom. The van der Waals surface area contributed by atoms with Gasteiger partial charge in [-0.1, -0.05) is 34.1 Å². The van der Waals surface area contributed by atoms with Crippen LogP contribution >= 0.6 is 0 Å². The minimum Gasteiger partial charge on any atom is -0.464 e. The molecule has 1 rings (SSSR count). The van der Waals surface area contributed by atoms with Crippen molar-refractivity contribution in [3.63, 3.8) is 0 Å². The molecule has 190 valence electrons. The molecule has 0 aromatic rings. The van der Waals surface area contributed by atoms with Gasteiger partial charge in [-0.15, -0.1) is 0 Å². The second kappa shape index (κ2) is 11.2. The van der Waals surface area contributed by atoms with Gasteiger partial charge in [-0.25, -0.2) is 4.79 Å². The van der Waals surface area contributed by atoms with Crippen LogP contribution in [0.1, 0.15) is 47.0 Å². The van der Waals surface area contributed by atoms with Crippen LogP contribution in [-0.4, -0.2) is 80.8 Å². The summed E-state index contributed by atoms with van der Waals surface area (Å²) in [5, 5.41) is 1.47. The molecule has 3 unspecified atom stereocenters. The zero-order chi connectivity index (χ0) is 25.0. The van der Waals surface area contributed by atoms with E-state index in [0.717, 1.165) is 18.9 Å². The predicted molar refractivity (Wildman–Crippen MR) is 123 cm³/mol. The van der Waals surface area contributed by atoms with Crippen LogP contribution in [0.3, 0.4) is 0 Å². The van der Waals surface area contributed by atoms with Gasteiger partial charge in [0.25, 0.3) is 20.2 Å². The summed E-state index contributed by atoms with van der Waals surface area (Å²) in [7, 11) is -9.78. The first-order valence-electron chi connectivity index (χ1n) is 10.8. The van der Waals surface area contributed by atoms with Gasteiger partial charge >= 0.3 is 5.97 Å². The normalized spacial score (nSPS) is 24.1. The molecule has 0 spiro atoms. The van der Waals surface area contributed by atoms with Crippen molar-refractivity contribution < 1.29 is 39.3 Å². The molecule has 0 aromatic heterocycles. The third-order valence-corrected chi connectivity index (χ3v) is 7.12. The Balaban J connectivity index is 3.61. The Morgan fingerprint density at radius 2 is 1.75 bits per heavy atom. The number of carbonyl (C=O) groups is 1. The molecule has 1 heterocycles. The lowest BCUT2D eigenvalue weighted by atomic mass is 9.75. The van der Waals surface area contributed by atoms with Gasteiger partial charge in [0.05, 0.1) is 25.7 Å². The second-order valence-corrected chi connectivity index (χ2v) is 15.2. The summed E-state index contributed by atoms with van der Waals surface area (Å²) in [5.74, 6) is -0.795. The second-order valence-electron chi connectivity index (χ2n) is 9.67. The quantitative estimate of drug-likeness (QED) is 0.163. The van der Waals surface area contributed by atoms with Gasteiger partial charge in [-0.3, -0.25) is 8.37 Å². The van der Waals surface area contributed by atoms with Crippen LogP contribution in [0.15, 0.2) is 0 Å². The topological polar surface area (TPSA) is 126 Å². The number of hydrogen-bond donors (Lipinski definition) is 0. The summed E-state index contributed by atoms with van der Waals surface area (Å²) < 4.78 is 69.5. The maximum atomic E-state index is 13.6. The average Bonchev–Trinajstić information content (AvgIpc) is 2.97. The Morgan fingerprint density at radius 1 is 1.16 bits per heavy atom. The number of nitrogens with zero attached hydrogens (tertiary/aromatic N) is 1. The predicted octanol–water partition coefficient (Wildman–Crippen LogP) is 1.67. The van der Waals surface area contributed by atoms with Crippen LogP contribution in [0.2, 0.25) is 13.1 Å². The van der Waals surface area contributed by atoms with Crippen molar-refractivity contribution in [2.24, 2.45) is 11.3 Å². The number of esters is 1. The molecule has 1 fully saturated rings. The minimum absolute atomic E-state index is 0.0853. The maximum absolute atomic E-state index is 13.6. The molecular formula is C19H39NO9S2Si. The molecule has 0 aliphatic carbocycles.